The summed E-state index contributed by atoms with van der Waals surface area (Å²) in [7, 11) is 1.70. The molecule has 0 atom stereocenters. The third-order valence-corrected chi connectivity index (χ3v) is 4.70. The molecular formula is C20H29N3O2. The lowest BCUT2D eigenvalue weighted by Gasteiger charge is -2.36. The maximum Gasteiger partial charge on any atom is 0.145 e. The molecule has 5 nitrogen and oxygen atoms in total. The van der Waals surface area contributed by atoms with Gasteiger partial charge in [0.25, 0.3) is 0 Å². The molecule has 0 amide bonds. The quantitative estimate of drug-likeness (QED) is 0.806. The third kappa shape index (κ3) is 4.22. The molecule has 1 saturated heterocycles. The van der Waals surface area contributed by atoms with E-state index in [0.717, 1.165) is 56.3 Å². The molecule has 1 fully saturated rings. The lowest BCUT2D eigenvalue weighted by atomic mass is 10.1. The van der Waals surface area contributed by atoms with E-state index in [-0.39, 0.29) is 0 Å². The Bertz CT molecular complexity index is 709. The van der Waals surface area contributed by atoms with Crippen molar-refractivity contribution in [3.05, 3.63) is 30.0 Å². The summed E-state index contributed by atoms with van der Waals surface area (Å²) in [5.74, 6) is 0.840. The van der Waals surface area contributed by atoms with Crippen LogP contribution < -0.4 is 9.64 Å². The molecule has 3 rings (SSSR count). The van der Waals surface area contributed by atoms with Gasteiger partial charge in [-0.3, -0.25) is 4.90 Å². The number of aromatic nitrogens is 1. The van der Waals surface area contributed by atoms with Crippen LogP contribution in [0.1, 0.15) is 19.5 Å². The van der Waals surface area contributed by atoms with E-state index in [0.29, 0.717) is 6.10 Å². The molecule has 25 heavy (non-hydrogen) atoms. The van der Waals surface area contributed by atoms with Crippen molar-refractivity contribution in [1.82, 2.24) is 9.88 Å². The second-order valence-electron chi connectivity index (χ2n) is 6.89. The highest BCUT2D eigenvalue weighted by molar-refractivity contribution is 5.95. The van der Waals surface area contributed by atoms with Gasteiger partial charge in [-0.2, -0.15) is 0 Å². The number of nitrogens with zero attached hydrogens (tertiary/aromatic N) is 3. The summed E-state index contributed by atoms with van der Waals surface area (Å²) in [6.07, 6.45) is 0.308. The third-order valence-electron chi connectivity index (χ3n) is 4.70. The highest BCUT2D eigenvalue weighted by Gasteiger charge is 2.20. The molecule has 0 bridgehead atoms. The van der Waals surface area contributed by atoms with Gasteiger partial charge in [0.1, 0.15) is 11.3 Å². The molecular weight excluding hydrogens is 314 g/mol. The standard InChI is InChI=1S/C20H29N3O2/c1-15(2)25-13-12-22-8-10-23(11-9-22)18-14-16(3)21-20-17(18)6-5-7-19(20)24-4/h5-7,14-15H,8-13H2,1-4H3. The maximum absolute atomic E-state index is 5.68. The van der Waals surface area contributed by atoms with E-state index in [2.05, 4.69) is 42.7 Å². The highest BCUT2D eigenvalue weighted by atomic mass is 16.5. The molecule has 1 aliphatic rings. The largest absolute Gasteiger partial charge is 0.494 e. The number of piperazine rings is 1. The number of pyridine rings is 1. The number of hydrogen-bond donors (Lipinski definition) is 0. The maximum atomic E-state index is 5.68. The van der Waals surface area contributed by atoms with Gasteiger partial charge < -0.3 is 14.4 Å². The van der Waals surface area contributed by atoms with E-state index in [4.69, 9.17) is 14.5 Å². The van der Waals surface area contributed by atoms with Crippen molar-refractivity contribution in [3.63, 3.8) is 0 Å². The Morgan fingerprint density at radius 1 is 1.16 bits per heavy atom. The Morgan fingerprint density at radius 2 is 1.92 bits per heavy atom. The Labute approximate surface area is 150 Å². The van der Waals surface area contributed by atoms with Crippen molar-refractivity contribution >= 4 is 16.6 Å². The van der Waals surface area contributed by atoms with Gasteiger partial charge in [0.15, 0.2) is 0 Å². The average Bonchev–Trinajstić information content (AvgIpc) is 2.61. The van der Waals surface area contributed by atoms with Crippen LogP contribution in [0.5, 0.6) is 5.75 Å². The molecule has 0 saturated carbocycles. The summed E-state index contributed by atoms with van der Waals surface area (Å²) in [5, 5.41) is 1.17. The second-order valence-corrected chi connectivity index (χ2v) is 6.89. The van der Waals surface area contributed by atoms with Crippen molar-refractivity contribution in [2.75, 3.05) is 51.3 Å². The molecule has 136 valence electrons. The minimum Gasteiger partial charge on any atom is -0.494 e. The highest BCUT2D eigenvalue weighted by Crippen LogP contribution is 2.32. The number of aryl methyl sites for hydroxylation is 1. The Hall–Kier alpha value is -1.85. The molecule has 0 radical (unpaired) electrons. The van der Waals surface area contributed by atoms with Crippen LogP contribution >= 0.6 is 0 Å². The van der Waals surface area contributed by atoms with Gasteiger partial charge in [-0.15, -0.1) is 0 Å². The molecule has 2 aromatic rings. The number of anilines is 1. The zero-order valence-corrected chi connectivity index (χ0v) is 15.8. The van der Waals surface area contributed by atoms with E-state index in [1.807, 2.05) is 12.1 Å². The molecule has 0 N–H and O–H groups in total. The molecule has 1 aromatic carbocycles. The summed E-state index contributed by atoms with van der Waals surface area (Å²) in [4.78, 5) is 9.65. The first-order valence-corrected chi connectivity index (χ1v) is 9.11. The Balaban J connectivity index is 1.73. The SMILES string of the molecule is COc1cccc2c(N3CCN(CCOC(C)C)CC3)cc(C)nc12. The summed E-state index contributed by atoms with van der Waals surface area (Å²) >= 11 is 0. The van der Waals surface area contributed by atoms with Gasteiger partial charge in [0.05, 0.1) is 19.8 Å². The molecule has 0 spiro atoms. The van der Waals surface area contributed by atoms with Gasteiger partial charge in [0, 0.05) is 49.5 Å². The fourth-order valence-electron chi connectivity index (χ4n) is 3.38. The molecule has 0 unspecified atom stereocenters. The van der Waals surface area contributed by atoms with Crippen LogP contribution in [0.2, 0.25) is 0 Å². The van der Waals surface area contributed by atoms with Gasteiger partial charge in [-0.25, -0.2) is 4.98 Å². The van der Waals surface area contributed by atoms with Crippen molar-refractivity contribution in [2.45, 2.75) is 26.9 Å². The molecule has 5 heteroatoms. The number of ether oxygens (including phenoxy) is 2. The first-order valence-electron chi connectivity index (χ1n) is 9.11. The zero-order valence-electron chi connectivity index (χ0n) is 15.8. The normalized spacial score (nSPS) is 16.0. The molecule has 2 heterocycles. The van der Waals surface area contributed by atoms with Crippen molar-refractivity contribution in [3.8, 4) is 5.75 Å². The fraction of sp³-hybridized carbons (Fsp3) is 0.550. The summed E-state index contributed by atoms with van der Waals surface area (Å²) in [5.41, 5.74) is 3.24. The van der Waals surface area contributed by atoms with E-state index in [1.54, 1.807) is 7.11 Å². The molecule has 1 aromatic heterocycles. The van der Waals surface area contributed by atoms with Crippen molar-refractivity contribution in [2.24, 2.45) is 0 Å². The van der Waals surface area contributed by atoms with E-state index in [1.165, 1.54) is 11.1 Å². The lowest BCUT2D eigenvalue weighted by Crippen LogP contribution is -2.47. The molecule has 1 aliphatic heterocycles. The lowest BCUT2D eigenvalue weighted by molar-refractivity contribution is 0.0579. The number of methoxy groups -OCH3 is 1. The van der Waals surface area contributed by atoms with E-state index < -0.39 is 0 Å². The summed E-state index contributed by atoms with van der Waals surface area (Å²) < 4.78 is 11.2. The van der Waals surface area contributed by atoms with Crippen LogP contribution in [-0.4, -0.2) is 62.4 Å². The van der Waals surface area contributed by atoms with Gasteiger partial charge >= 0.3 is 0 Å². The van der Waals surface area contributed by atoms with Crippen LogP contribution in [0.4, 0.5) is 5.69 Å². The zero-order chi connectivity index (χ0) is 17.8. The van der Waals surface area contributed by atoms with Crippen molar-refractivity contribution in [1.29, 1.82) is 0 Å². The second kappa shape index (κ2) is 8.02. The first kappa shape index (κ1) is 18.0. The number of hydrogen-bond acceptors (Lipinski definition) is 5. The fourth-order valence-corrected chi connectivity index (χ4v) is 3.38. The monoisotopic (exact) mass is 343 g/mol. The topological polar surface area (TPSA) is 37.8 Å². The Kier molecular flexibility index (Phi) is 5.76. The minimum atomic E-state index is 0.308. The number of benzene rings is 1. The van der Waals surface area contributed by atoms with Crippen molar-refractivity contribution < 1.29 is 9.47 Å². The molecule has 0 aliphatic carbocycles. The smallest absolute Gasteiger partial charge is 0.145 e. The number of fused-ring (bicyclic) bond motifs is 1. The Morgan fingerprint density at radius 3 is 2.60 bits per heavy atom. The van der Waals surface area contributed by atoms with Gasteiger partial charge in [-0.1, -0.05) is 12.1 Å². The average molecular weight is 343 g/mol. The van der Waals surface area contributed by atoms with Gasteiger partial charge in [0.2, 0.25) is 0 Å². The number of rotatable bonds is 6. The van der Waals surface area contributed by atoms with Crippen LogP contribution in [0, 0.1) is 6.92 Å². The minimum absolute atomic E-state index is 0.308. The van der Waals surface area contributed by atoms with E-state index >= 15 is 0 Å². The first-order chi connectivity index (χ1) is 12.1. The van der Waals surface area contributed by atoms with Crippen LogP contribution in [0.15, 0.2) is 24.3 Å². The van der Waals surface area contributed by atoms with Crippen LogP contribution in [-0.2, 0) is 4.74 Å². The van der Waals surface area contributed by atoms with E-state index in [9.17, 15) is 0 Å². The van der Waals surface area contributed by atoms with Crippen LogP contribution in [0.3, 0.4) is 0 Å². The van der Waals surface area contributed by atoms with Gasteiger partial charge in [-0.05, 0) is 32.9 Å². The number of para-hydroxylation sites is 1. The summed E-state index contributed by atoms with van der Waals surface area (Å²) in [6, 6.07) is 8.36. The predicted molar refractivity (Wildman–Crippen MR) is 103 cm³/mol. The summed E-state index contributed by atoms with van der Waals surface area (Å²) in [6.45, 7) is 12.2. The predicted octanol–water partition coefficient (Wildman–Crippen LogP) is 3.10. The van der Waals surface area contributed by atoms with Crippen LogP contribution in [0.25, 0.3) is 10.9 Å².